The molecule has 0 atom stereocenters. The van der Waals surface area contributed by atoms with Gasteiger partial charge >= 0.3 is 0 Å². The highest BCUT2D eigenvalue weighted by atomic mass is 35.5. The van der Waals surface area contributed by atoms with Crippen LogP contribution in [0.2, 0.25) is 5.02 Å². The third-order valence-electron chi connectivity index (χ3n) is 3.69. The quantitative estimate of drug-likeness (QED) is 0.848. The Kier molecular flexibility index (Phi) is 4.56. The van der Waals surface area contributed by atoms with Gasteiger partial charge in [0.25, 0.3) is 0 Å². The summed E-state index contributed by atoms with van der Waals surface area (Å²) in [6, 6.07) is 2.32. The van der Waals surface area contributed by atoms with Crippen molar-refractivity contribution in [1.29, 1.82) is 0 Å². The van der Waals surface area contributed by atoms with Crippen LogP contribution in [0.25, 0.3) is 0 Å². The van der Waals surface area contributed by atoms with E-state index in [1.807, 2.05) is 0 Å². The minimum absolute atomic E-state index is 0.113. The molecule has 1 aromatic rings. The molecule has 1 aliphatic rings. The fourth-order valence-electron chi connectivity index (χ4n) is 2.27. The first kappa shape index (κ1) is 15.5. The van der Waals surface area contributed by atoms with Gasteiger partial charge < -0.3 is 5.73 Å². The highest BCUT2D eigenvalue weighted by molar-refractivity contribution is 7.89. The Hall–Kier alpha value is -0.850. The molecule has 0 amide bonds. The fraction of sp³-hybridized carbons (Fsp3) is 0.538. The van der Waals surface area contributed by atoms with Crippen molar-refractivity contribution in [3.8, 4) is 0 Å². The molecule has 7 heteroatoms. The van der Waals surface area contributed by atoms with Gasteiger partial charge in [0.05, 0.1) is 5.69 Å². The van der Waals surface area contributed by atoms with Crippen LogP contribution in [0.3, 0.4) is 0 Å². The summed E-state index contributed by atoms with van der Waals surface area (Å²) in [6.45, 7) is 2.46. The van der Waals surface area contributed by atoms with Crippen LogP contribution in [0, 0.1) is 11.7 Å². The normalized spacial score (nSPS) is 16.4. The number of benzene rings is 1. The van der Waals surface area contributed by atoms with Crippen molar-refractivity contribution in [2.75, 3.05) is 18.8 Å². The van der Waals surface area contributed by atoms with Gasteiger partial charge in [0.1, 0.15) is 4.90 Å². The van der Waals surface area contributed by atoms with E-state index < -0.39 is 20.7 Å². The van der Waals surface area contributed by atoms with E-state index in [1.54, 1.807) is 6.92 Å². The molecular weight excluding hydrogens is 303 g/mol. The lowest BCUT2D eigenvalue weighted by Gasteiger charge is -2.31. The molecule has 0 saturated heterocycles. The maximum absolute atomic E-state index is 14.0. The van der Waals surface area contributed by atoms with Crippen molar-refractivity contribution in [2.45, 2.75) is 31.1 Å². The first-order valence-corrected chi connectivity index (χ1v) is 8.42. The fourth-order valence-corrected chi connectivity index (χ4v) is 4.21. The zero-order valence-electron chi connectivity index (χ0n) is 11.3. The van der Waals surface area contributed by atoms with E-state index in [4.69, 9.17) is 17.3 Å². The monoisotopic (exact) mass is 320 g/mol. The van der Waals surface area contributed by atoms with Crippen molar-refractivity contribution in [1.82, 2.24) is 4.31 Å². The predicted molar refractivity (Wildman–Crippen MR) is 77.6 cm³/mol. The maximum Gasteiger partial charge on any atom is 0.246 e. The summed E-state index contributed by atoms with van der Waals surface area (Å²) in [7, 11) is -3.90. The molecule has 0 radical (unpaired) electrons. The van der Waals surface area contributed by atoms with Gasteiger partial charge in [-0.1, -0.05) is 24.9 Å². The number of sulfonamides is 1. The SMILES string of the molecule is CCN(CC1CCC1)S(=O)(=O)c1cc(Cl)cc(N)c1F. The molecule has 0 spiro atoms. The minimum Gasteiger partial charge on any atom is -0.396 e. The highest BCUT2D eigenvalue weighted by Crippen LogP contribution is 2.31. The zero-order chi connectivity index (χ0) is 14.9. The first-order valence-electron chi connectivity index (χ1n) is 6.61. The molecule has 0 aromatic heterocycles. The van der Waals surface area contributed by atoms with Gasteiger partial charge in [0.2, 0.25) is 10.0 Å². The lowest BCUT2D eigenvalue weighted by Crippen LogP contribution is -2.37. The van der Waals surface area contributed by atoms with Gasteiger partial charge in [0.15, 0.2) is 5.82 Å². The summed E-state index contributed by atoms with van der Waals surface area (Å²) in [4.78, 5) is -0.441. The number of halogens is 2. The lowest BCUT2D eigenvalue weighted by molar-refractivity contribution is 0.249. The van der Waals surface area contributed by atoms with Crippen molar-refractivity contribution < 1.29 is 12.8 Å². The largest absolute Gasteiger partial charge is 0.396 e. The second kappa shape index (κ2) is 5.87. The smallest absolute Gasteiger partial charge is 0.246 e. The van der Waals surface area contributed by atoms with E-state index in [9.17, 15) is 12.8 Å². The van der Waals surface area contributed by atoms with Crippen LogP contribution < -0.4 is 5.73 Å². The molecule has 0 bridgehead atoms. The number of hydrogen-bond acceptors (Lipinski definition) is 3. The van der Waals surface area contributed by atoms with Gasteiger partial charge in [-0.15, -0.1) is 0 Å². The van der Waals surface area contributed by atoms with E-state index in [-0.39, 0.29) is 10.7 Å². The molecule has 1 aromatic carbocycles. The summed E-state index contributed by atoms with van der Waals surface area (Å²) < 4.78 is 40.4. The Morgan fingerprint density at radius 1 is 1.45 bits per heavy atom. The average Bonchev–Trinajstić information content (AvgIpc) is 2.32. The molecule has 1 aliphatic carbocycles. The van der Waals surface area contributed by atoms with Crippen LogP contribution in [0.4, 0.5) is 10.1 Å². The number of anilines is 1. The van der Waals surface area contributed by atoms with Gasteiger partial charge in [-0.3, -0.25) is 0 Å². The van der Waals surface area contributed by atoms with Crippen molar-refractivity contribution in [2.24, 2.45) is 5.92 Å². The molecule has 0 heterocycles. The van der Waals surface area contributed by atoms with E-state index in [1.165, 1.54) is 10.4 Å². The third kappa shape index (κ3) is 2.92. The molecule has 2 N–H and O–H groups in total. The Balaban J connectivity index is 2.37. The van der Waals surface area contributed by atoms with Crippen LogP contribution in [-0.4, -0.2) is 25.8 Å². The molecule has 1 fully saturated rings. The van der Waals surface area contributed by atoms with Crippen LogP contribution in [0.1, 0.15) is 26.2 Å². The Morgan fingerprint density at radius 2 is 2.10 bits per heavy atom. The van der Waals surface area contributed by atoms with Gasteiger partial charge in [-0.2, -0.15) is 4.31 Å². The van der Waals surface area contributed by atoms with Gasteiger partial charge in [-0.25, -0.2) is 12.8 Å². The van der Waals surface area contributed by atoms with Crippen LogP contribution in [-0.2, 0) is 10.0 Å². The number of nitrogen functional groups attached to an aromatic ring is 1. The van der Waals surface area contributed by atoms with E-state index in [0.29, 0.717) is 19.0 Å². The lowest BCUT2D eigenvalue weighted by atomic mass is 9.85. The molecule has 1 saturated carbocycles. The summed E-state index contributed by atoms with van der Waals surface area (Å²) in [5.74, 6) is -0.564. The number of nitrogens with two attached hydrogens (primary N) is 1. The Labute approximate surface area is 123 Å². The van der Waals surface area contributed by atoms with Gasteiger partial charge in [0, 0.05) is 18.1 Å². The summed E-state index contributed by atoms with van der Waals surface area (Å²) in [6.07, 6.45) is 3.17. The molecule has 4 nitrogen and oxygen atoms in total. The summed E-state index contributed by atoms with van der Waals surface area (Å²) in [5, 5.41) is 0.113. The Morgan fingerprint density at radius 3 is 2.60 bits per heavy atom. The van der Waals surface area contributed by atoms with Crippen molar-refractivity contribution in [3.63, 3.8) is 0 Å². The standard InChI is InChI=1S/C13H18ClFN2O2S/c1-2-17(8-9-4-3-5-9)20(18,19)12-7-10(14)6-11(16)13(12)15/h6-7,9H,2-5,8,16H2,1H3. The number of hydrogen-bond donors (Lipinski definition) is 1. The number of rotatable bonds is 5. The predicted octanol–water partition coefficient (Wildman–Crippen LogP) is 2.87. The maximum atomic E-state index is 14.0. The van der Waals surface area contributed by atoms with E-state index >= 15 is 0 Å². The van der Waals surface area contributed by atoms with Crippen LogP contribution in [0.15, 0.2) is 17.0 Å². The number of nitrogens with zero attached hydrogens (tertiary/aromatic N) is 1. The molecule has 20 heavy (non-hydrogen) atoms. The van der Waals surface area contributed by atoms with Gasteiger partial charge in [-0.05, 0) is 30.9 Å². The molecule has 0 unspecified atom stereocenters. The van der Waals surface area contributed by atoms with Crippen LogP contribution >= 0.6 is 11.6 Å². The van der Waals surface area contributed by atoms with E-state index in [0.717, 1.165) is 25.3 Å². The molecule has 2 rings (SSSR count). The second-order valence-corrected chi connectivity index (χ2v) is 7.40. The molecular formula is C13H18ClFN2O2S. The highest BCUT2D eigenvalue weighted by Gasteiger charge is 2.31. The zero-order valence-corrected chi connectivity index (χ0v) is 12.8. The minimum atomic E-state index is -3.90. The third-order valence-corrected chi connectivity index (χ3v) is 5.85. The van der Waals surface area contributed by atoms with E-state index in [2.05, 4.69) is 0 Å². The average molecular weight is 321 g/mol. The van der Waals surface area contributed by atoms with Crippen molar-refractivity contribution in [3.05, 3.63) is 23.0 Å². The topological polar surface area (TPSA) is 63.4 Å². The molecule has 112 valence electrons. The van der Waals surface area contributed by atoms with Crippen LogP contribution in [0.5, 0.6) is 0 Å². The summed E-state index contributed by atoms with van der Waals surface area (Å²) in [5.41, 5.74) is 5.20. The summed E-state index contributed by atoms with van der Waals surface area (Å²) >= 11 is 5.79. The first-order chi connectivity index (χ1) is 9.36. The Bertz CT molecular complexity index is 603. The second-order valence-electron chi connectivity index (χ2n) is 5.06. The molecule has 0 aliphatic heterocycles. The van der Waals surface area contributed by atoms with Crippen molar-refractivity contribution >= 4 is 27.3 Å².